The van der Waals surface area contributed by atoms with Crippen molar-refractivity contribution in [3.8, 4) is 0 Å². The van der Waals surface area contributed by atoms with Gasteiger partial charge in [-0.3, -0.25) is 28.8 Å². The number of epoxide rings is 9. The fraction of sp³-hybridized carbons (Fsp3) is 0.947. The van der Waals surface area contributed by atoms with Gasteiger partial charge in [0.25, 0.3) is 0 Å². The lowest BCUT2D eigenvalue weighted by Crippen LogP contribution is -2.38. The molecule has 0 aromatic carbocycles. The molecule has 0 amide bonds. The first-order chi connectivity index (χ1) is 67.9. The number of unbranched alkanes of at least 4 members (excludes halogenated alkanes) is 32. The average Bonchev–Trinajstić information content (AvgIpc) is 1.84. The zero-order valence-corrected chi connectivity index (χ0v) is 91.2. The molecule has 9 saturated heterocycles. The van der Waals surface area contributed by atoms with Crippen molar-refractivity contribution in [1.29, 1.82) is 0 Å². The summed E-state index contributed by atoms with van der Waals surface area (Å²) in [7, 11) is 0. The molecule has 0 aromatic rings. The second-order valence-corrected chi connectivity index (χ2v) is 43.2. The third kappa shape index (κ3) is 83.2. The molecule has 0 aliphatic carbocycles. The topological polar surface area (TPSA) is 326 Å². The van der Waals surface area contributed by atoms with Crippen molar-refractivity contribution in [3.63, 3.8) is 0 Å². The van der Waals surface area contributed by atoms with E-state index in [1.807, 2.05) is 0 Å². The summed E-state index contributed by atoms with van der Waals surface area (Å²) >= 11 is 0. The molecule has 0 bridgehead atoms. The number of carbonyl (C=O) groups is 6. The highest BCUT2D eigenvalue weighted by Crippen LogP contribution is 2.32. The summed E-state index contributed by atoms with van der Waals surface area (Å²) in [6, 6.07) is 0. The third-order valence-corrected chi connectivity index (χ3v) is 26.7. The summed E-state index contributed by atoms with van der Waals surface area (Å²) in [6.07, 6.45) is 59.1. The van der Waals surface area contributed by atoms with E-state index in [-0.39, 0.29) is 107 Å². The van der Waals surface area contributed by atoms with E-state index < -0.39 is 0 Å². The molecule has 9 heterocycles. The third-order valence-electron chi connectivity index (χ3n) is 26.7. The molecule has 0 aromatic heterocycles. The van der Waals surface area contributed by atoms with E-state index in [0.717, 1.165) is 179 Å². The van der Waals surface area contributed by atoms with Crippen LogP contribution in [0, 0.1) is 39.9 Å². The van der Waals surface area contributed by atoms with Gasteiger partial charge in [0.2, 0.25) is 0 Å². The van der Waals surface area contributed by atoms with Crippen molar-refractivity contribution >= 4 is 35.8 Å². The lowest BCUT2D eigenvalue weighted by atomic mass is 9.88. The molecule has 0 spiro atoms. The van der Waals surface area contributed by atoms with E-state index >= 15 is 0 Å². The van der Waals surface area contributed by atoms with Crippen LogP contribution < -0.4 is 0 Å². The highest BCUT2D eigenvalue weighted by atomic mass is 16.7. The normalized spacial score (nSPS) is 20.8. The lowest BCUT2D eigenvalue weighted by Gasteiger charge is -2.31. The van der Waals surface area contributed by atoms with Crippen LogP contribution in [0.2, 0.25) is 0 Å². The average molecular weight is 2000 g/mol. The Bertz CT molecular complexity index is 2880. The second-order valence-electron chi connectivity index (χ2n) is 43.2. The molecule has 0 radical (unpaired) electrons. The van der Waals surface area contributed by atoms with Gasteiger partial charge in [-0.15, -0.1) is 0 Å². The molecule has 9 fully saturated rings. The molecule has 27 nitrogen and oxygen atoms in total. The Morgan fingerprint density at radius 2 is 0.343 bits per heavy atom. The highest BCUT2D eigenvalue weighted by molar-refractivity contribution is 5.71. The Labute approximate surface area is 850 Å². The van der Waals surface area contributed by atoms with E-state index in [1.165, 1.54) is 193 Å². The minimum absolute atomic E-state index is 0.0601. The largest absolute Gasteiger partial charge is 0.465 e. The first kappa shape index (κ1) is 129. The van der Waals surface area contributed by atoms with Gasteiger partial charge in [0.1, 0.15) is 94.6 Å². The van der Waals surface area contributed by atoms with Crippen LogP contribution in [0.25, 0.3) is 0 Å². The van der Waals surface area contributed by atoms with Gasteiger partial charge in [0.05, 0.1) is 155 Å². The van der Waals surface area contributed by atoms with Crippen LogP contribution >= 0.6 is 0 Å². The Morgan fingerprint density at radius 3 is 0.493 bits per heavy atom. The highest BCUT2D eigenvalue weighted by Gasteiger charge is 2.39. The fourth-order valence-corrected chi connectivity index (χ4v) is 15.5. The summed E-state index contributed by atoms with van der Waals surface area (Å²) in [6.45, 7) is 44.8. The van der Waals surface area contributed by atoms with E-state index in [2.05, 4.69) is 90.0 Å². The van der Waals surface area contributed by atoms with Gasteiger partial charge in [-0.2, -0.15) is 0 Å². The van der Waals surface area contributed by atoms with Crippen LogP contribution in [0.1, 0.15) is 417 Å². The summed E-state index contributed by atoms with van der Waals surface area (Å²) in [5.74, 6) is 2.63. The lowest BCUT2D eigenvalue weighted by molar-refractivity contribution is -0.153. The van der Waals surface area contributed by atoms with Gasteiger partial charge in [-0.05, 0) is 81.5 Å². The smallest absolute Gasteiger partial charge is 0.305 e. The predicted molar refractivity (Wildman–Crippen MR) is 549 cm³/mol. The zero-order chi connectivity index (χ0) is 101. The van der Waals surface area contributed by atoms with Crippen molar-refractivity contribution in [2.24, 2.45) is 39.9 Å². The van der Waals surface area contributed by atoms with Crippen molar-refractivity contribution in [1.82, 2.24) is 0 Å². The quantitative estimate of drug-likeness (QED) is 0.0236. The standard InChI is InChI=1S/C25H46O6.C23H42O6.C22H40O6.C16H30O3.C14H26O3.C13H24O3/c1-3-5-6-7-8-9-10-11-12-13-14-24(26)31-21-25(4-2,19-27-15-22-17-29-22)20-28-16-23-18-30-23;1-4-23(16-25-12-20-14-27-20,17-26-13-21-15-28-21)18-29-22(24)11-9-7-5-6-8-10-19(2)3;1-4-22(15-24-11-19-13-26-19,16-25-12-20-14-27-20)17-28-21(23)10-8-6-5-7-9-18(2)3;1-2-3-4-5-6-7-8-9-10-11-12-16(17)19-14-15-13-18-15;1-12(2)8-6-4-3-5-7-9-14(15)17-11-13-10-16-13;1-11(2)7-5-3-4-6-8-13(14)16-10-12-9-15-12/h22-23H,3-21H2,1-2H3;19-21H,4-18H2,1-3H3;18-20H,4-17H2,1-3H3;15H,2-14H2,1H3;12-13H,3-11H2,1-2H3;11-12H,3-10H2,1-2H3. The fourth-order valence-electron chi connectivity index (χ4n) is 15.5. The number of hydrogen-bond acceptors (Lipinski definition) is 27. The number of ether oxygens (including phenoxy) is 21. The van der Waals surface area contributed by atoms with Crippen LogP contribution in [-0.2, 0) is 128 Å². The van der Waals surface area contributed by atoms with Crippen molar-refractivity contribution in [2.75, 3.05) is 178 Å². The Kier molecular flexibility index (Phi) is 77.2. The van der Waals surface area contributed by atoms with Crippen LogP contribution in [0.4, 0.5) is 0 Å². The van der Waals surface area contributed by atoms with Crippen LogP contribution in [0.5, 0.6) is 0 Å². The monoisotopic (exact) mass is 2000 g/mol. The second kappa shape index (κ2) is 84.1. The number of rotatable bonds is 91. The van der Waals surface area contributed by atoms with Gasteiger partial charge in [-0.25, -0.2) is 0 Å². The molecule has 27 heteroatoms. The number of hydrogen-bond donors (Lipinski definition) is 0. The maximum absolute atomic E-state index is 12.3. The minimum atomic E-state index is -0.309. The van der Waals surface area contributed by atoms with Gasteiger partial charge < -0.3 is 99.5 Å². The van der Waals surface area contributed by atoms with E-state index in [1.54, 1.807) is 0 Å². The molecular weight excluding hydrogens is 1790 g/mol. The van der Waals surface area contributed by atoms with Gasteiger partial charge in [-0.1, -0.05) is 321 Å². The number of esters is 6. The van der Waals surface area contributed by atoms with Crippen molar-refractivity contribution < 1.29 is 128 Å². The first-order valence-corrected chi connectivity index (χ1v) is 56.9. The molecule has 9 aliphatic rings. The molecule has 0 N–H and O–H groups in total. The maximum atomic E-state index is 12.3. The molecule has 140 heavy (non-hydrogen) atoms. The van der Waals surface area contributed by atoms with E-state index in [4.69, 9.17) is 99.5 Å². The molecule has 0 saturated carbocycles. The summed E-state index contributed by atoms with van der Waals surface area (Å²) in [5.41, 5.74) is -0.926. The molecule has 9 aliphatic heterocycles. The summed E-state index contributed by atoms with van der Waals surface area (Å²) < 4.78 is 113. The van der Waals surface area contributed by atoms with E-state index in [9.17, 15) is 28.8 Å². The van der Waals surface area contributed by atoms with Gasteiger partial charge in [0.15, 0.2) is 0 Å². The predicted octanol–water partition coefficient (Wildman–Crippen LogP) is 23.4. The van der Waals surface area contributed by atoms with Crippen LogP contribution in [-0.4, -0.2) is 269 Å². The molecule has 9 atom stereocenters. The van der Waals surface area contributed by atoms with Crippen molar-refractivity contribution in [2.45, 2.75) is 472 Å². The molecule has 9 rings (SSSR count). The summed E-state index contributed by atoms with van der Waals surface area (Å²) in [5, 5.41) is 0. The Hall–Kier alpha value is -3.78. The molecule has 9 unspecified atom stereocenters. The first-order valence-electron chi connectivity index (χ1n) is 56.9. The SMILES string of the molecule is CC(C)CCCCCCC(=O)OCC1CO1.CC(C)CCCCCCCC(=O)OCC1CO1.CCC(COCC1CO1)(COCC1CO1)COC(=O)CCCCCCC(C)C.CCC(COCC1CO1)(COCC1CO1)COC(=O)CCCCCCCC(C)C.CCCCCCCCCCCCC(=O)OCC(CC)(COCC1CO1)COCC1CO1.CCCCCCCCCCCCC(=O)OCC1CO1. The number of carbonyl (C=O) groups excluding carboxylic acids is 6. The minimum Gasteiger partial charge on any atom is -0.465 e. The maximum Gasteiger partial charge on any atom is 0.305 e. The van der Waals surface area contributed by atoms with Crippen LogP contribution in [0.15, 0.2) is 0 Å². The Balaban J connectivity index is 0.000000357. The Morgan fingerprint density at radius 1 is 0.200 bits per heavy atom. The zero-order valence-electron chi connectivity index (χ0n) is 91.2. The molecule has 822 valence electrons. The van der Waals surface area contributed by atoms with Gasteiger partial charge in [0, 0.05) is 38.5 Å². The summed E-state index contributed by atoms with van der Waals surface area (Å²) in [4.78, 5) is 70.5. The van der Waals surface area contributed by atoms with Gasteiger partial charge >= 0.3 is 35.8 Å². The van der Waals surface area contributed by atoms with Crippen LogP contribution in [0.3, 0.4) is 0 Å². The van der Waals surface area contributed by atoms with E-state index in [0.29, 0.717) is 157 Å². The molecular formula is C113H208O27. The van der Waals surface area contributed by atoms with Crippen molar-refractivity contribution in [3.05, 3.63) is 0 Å².